The van der Waals surface area contributed by atoms with Crippen LogP contribution in [0, 0.1) is 5.92 Å². The standard InChI is InChI=1S/C14H17BrO3/c1-9-5-11(8-18-9)14(16)7-10-6-12(17-2)3-4-13(10)15/h3-4,6,9,11H,5,7-8H2,1-2H3. The third kappa shape index (κ3) is 3.12. The number of carbonyl (C=O) groups excluding carboxylic acids is 1. The predicted octanol–water partition coefficient (Wildman–Crippen LogP) is 2.99. The van der Waals surface area contributed by atoms with Crippen LogP contribution in [0.4, 0.5) is 0 Å². The van der Waals surface area contributed by atoms with E-state index in [2.05, 4.69) is 15.9 Å². The molecule has 0 bridgehead atoms. The number of Topliss-reactive ketones (excluding diaryl/α,β-unsaturated/α-hetero) is 1. The van der Waals surface area contributed by atoms with Crippen LogP contribution in [0.3, 0.4) is 0 Å². The fraction of sp³-hybridized carbons (Fsp3) is 0.500. The van der Waals surface area contributed by atoms with E-state index in [1.807, 2.05) is 25.1 Å². The maximum absolute atomic E-state index is 12.2. The highest BCUT2D eigenvalue weighted by Gasteiger charge is 2.28. The Morgan fingerprint density at radius 2 is 2.33 bits per heavy atom. The Bertz CT molecular complexity index is 445. The van der Waals surface area contributed by atoms with E-state index in [1.165, 1.54) is 0 Å². The summed E-state index contributed by atoms with van der Waals surface area (Å²) >= 11 is 3.47. The van der Waals surface area contributed by atoms with Crippen molar-refractivity contribution in [2.45, 2.75) is 25.9 Å². The van der Waals surface area contributed by atoms with Crippen LogP contribution in [0.2, 0.25) is 0 Å². The summed E-state index contributed by atoms with van der Waals surface area (Å²) in [7, 11) is 1.63. The molecule has 4 heteroatoms. The van der Waals surface area contributed by atoms with Gasteiger partial charge in [0.25, 0.3) is 0 Å². The lowest BCUT2D eigenvalue weighted by Crippen LogP contribution is -2.17. The number of carbonyl (C=O) groups is 1. The number of hydrogen-bond donors (Lipinski definition) is 0. The first-order chi connectivity index (χ1) is 8.60. The highest BCUT2D eigenvalue weighted by Crippen LogP contribution is 2.26. The SMILES string of the molecule is COc1ccc(Br)c(CC(=O)C2COC(C)C2)c1. The zero-order chi connectivity index (χ0) is 13.1. The zero-order valence-electron chi connectivity index (χ0n) is 10.6. The molecule has 1 aromatic rings. The Hall–Kier alpha value is -0.870. The van der Waals surface area contributed by atoms with Crippen LogP contribution < -0.4 is 4.74 Å². The molecule has 0 aliphatic carbocycles. The van der Waals surface area contributed by atoms with Gasteiger partial charge in [0.15, 0.2) is 0 Å². The Kier molecular flexibility index (Phi) is 4.40. The fourth-order valence-corrected chi connectivity index (χ4v) is 2.57. The molecule has 0 spiro atoms. The Balaban J connectivity index is 2.06. The van der Waals surface area contributed by atoms with Gasteiger partial charge in [-0.2, -0.15) is 0 Å². The minimum absolute atomic E-state index is 0.0399. The molecule has 0 radical (unpaired) electrons. The molecule has 0 N–H and O–H groups in total. The van der Waals surface area contributed by atoms with Crippen molar-refractivity contribution in [3.8, 4) is 5.75 Å². The van der Waals surface area contributed by atoms with Crippen LogP contribution >= 0.6 is 15.9 Å². The smallest absolute Gasteiger partial charge is 0.142 e. The predicted molar refractivity (Wildman–Crippen MR) is 72.9 cm³/mol. The fourth-order valence-electron chi connectivity index (χ4n) is 2.19. The Labute approximate surface area is 116 Å². The lowest BCUT2D eigenvalue weighted by atomic mass is 9.96. The summed E-state index contributed by atoms with van der Waals surface area (Å²) in [6, 6.07) is 5.69. The third-order valence-electron chi connectivity index (χ3n) is 3.27. The van der Waals surface area contributed by atoms with Crippen molar-refractivity contribution in [2.75, 3.05) is 13.7 Å². The Morgan fingerprint density at radius 1 is 1.56 bits per heavy atom. The molecule has 2 rings (SSSR count). The summed E-state index contributed by atoms with van der Waals surface area (Å²) in [5.74, 6) is 1.06. The maximum Gasteiger partial charge on any atom is 0.142 e. The second kappa shape index (κ2) is 5.85. The molecule has 98 valence electrons. The van der Waals surface area contributed by atoms with Crippen molar-refractivity contribution in [3.63, 3.8) is 0 Å². The summed E-state index contributed by atoms with van der Waals surface area (Å²) < 4.78 is 11.6. The second-order valence-corrected chi connectivity index (χ2v) is 5.53. The molecular weight excluding hydrogens is 296 g/mol. The molecule has 1 saturated heterocycles. The van der Waals surface area contributed by atoms with Crippen molar-refractivity contribution in [2.24, 2.45) is 5.92 Å². The van der Waals surface area contributed by atoms with Crippen LogP contribution in [0.15, 0.2) is 22.7 Å². The molecule has 3 nitrogen and oxygen atoms in total. The van der Waals surface area contributed by atoms with E-state index in [-0.39, 0.29) is 17.8 Å². The summed E-state index contributed by atoms with van der Waals surface area (Å²) in [6.07, 6.45) is 1.46. The number of ketones is 1. The largest absolute Gasteiger partial charge is 0.497 e. The molecule has 0 amide bonds. The van der Waals surface area contributed by atoms with Gasteiger partial charge in [-0.25, -0.2) is 0 Å². The number of rotatable bonds is 4. The van der Waals surface area contributed by atoms with Crippen LogP contribution in [0.25, 0.3) is 0 Å². The van der Waals surface area contributed by atoms with Gasteiger partial charge in [0.05, 0.1) is 19.8 Å². The topological polar surface area (TPSA) is 35.5 Å². The van der Waals surface area contributed by atoms with E-state index < -0.39 is 0 Å². The first-order valence-electron chi connectivity index (χ1n) is 6.07. The van der Waals surface area contributed by atoms with Gasteiger partial charge in [0, 0.05) is 16.8 Å². The van der Waals surface area contributed by atoms with Crippen molar-refractivity contribution in [1.82, 2.24) is 0 Å². The highest BCUT2D eigenvalue weighted by atomic mass is 79.9. The van der Waals surface area contributed by atoms with Crippen LogP contribution in [0.5, 0.6) is 5.75 Å². The van der Waals surface area contributed by atoms with E-state index in [0.717, 1.165) is 22.2 Å². The summed E-state index contributed by atoms with van der Waals surface area (Å²) in [4.78, 5) is 12.2. The van der Waals surface area contributed by atoms with Gasteiger partial charge >= 0.3 is 0 Å². The molecule has 1 aliphatic heterocycles. The van der Waals surface area contributed by atoms with Crippen molar-refractivity contribution in [1.29, 1.82) is 0 Å². The lowest BCUT2D eigenvalue weighted by molar-refractivity contribution is -0.122. The van der Waals surface area contributed by atoms with Crippen LogP contribution in [0.1, 0.15) is 18.9 Å². The molecule has 1 heterocycles. The van der Waals surface area contributed by atoms with Crippen molar-refractivity contribution in [3.05, 3.63) is 28.2 Å². The molecule has 2 unspecified atom stereocenters. The summed E-state index contributed by atoms with van der Waals surface area (Å²) in [5.41, 5.74) is 0.971. The maximum atomic E-state index is 12.2. The van der Waals surface area contributed by atoms with E-state index >= 15 is 0 Å². The van der Waals surface area contributed by atoms with Crippen LogP contribution in [-0.4, -0.2) is 25.6 Å². The Morgan fingerprint density at radius 3 is 2.94 bits per heavy atom. The molecular formula is C14H17BrO3. The van der Waals surface area contributed by atoms with Gasteiger partial charge in [-0.15, -0.1) is 0 Å². The third-order valence-corrected chi connectivity index (χ3v) is 4.04. The van der Waals surface area contributed by atoms with E-state index in [9.17, 15) is 4.79 Å². The lowest BCUT2D eigenvalue weighted by Gasteiger charge is -2.09. The molecule has 0 aromatic heterocycles. The number of halogens is 1. The molecule has 1 fully saturated rings. The molecule has 0 saturated carbocycles. The van der Waals surface area contributed by atoms with Gasteiger partial charge in [0.1, 0.15) is 11.5 Å². The van der Waals surface area contributed by atoms with Crippen molar-refractivity contribution >= 4 is 21.7 Å². The van der Waals surface area contributed by atoms with E-state index in [0.29, 0.717) is 13.0 Å². The first kappa shape index (κ1) is 13.6. The number of methoxy groups -OCH3 is 1. The normalized spacial score (nSPS) is 23.1. The van der Waals surface area contributed by atoms with Gasteiger partial charge < -0.3 is 9.47 Å². The minimum atomic E-state index is 0.0399. The zero-order valence-corrected chi connectivity index (χ0v) is 12.2. The summed E-state index contributed by atoms with van der Waals surface area (Å²) in [5, 5.41) is 0. The molecule has 18 heavy (non-hydrogen) atoms. The number of benzene rings is 1. The highest BCUT2D eigenvalue weighted by molar-refractivity contribution is 9.10. The van der Waals surface area contributed by atoms with Gasteiger partial charge in [-0.3, -0.25) is 4.79 Å². The number of ether oxygens (including phenoxy) is 2. The molecule has 1 aliphatic rings. The summed E-state index contributed by atoms with van der Waals surface area (Å²) in [6.45, 7) is 2.57. The van der Waals surface area contributed by atoms with Gasteiger partial charge in [-0.05, 0) is 37.1 Å². The molecule has 1 aromatic carbocycles. The minimum Gasteiger partial charge on any atom is -0.497 e. The van der Waals surface area contributed by atoms with Crippen LogP contribution in [-0.2, 0) is 16.0 Å². The van der Waals surface area contributed by atoms with Gasteiger partial charge in [0.2, 0.25) is 0 Å². The van der Waals surface area contributed by atoms with E-state index in [4.69, 9.17) is 9.47 Å². The quantitative estimate of drug-likeness (QED) is 0.857. The van der Waals surface area contributed by atoms with Crippen molar-refractivity contribution < 1.29 is 14.3 Å². The monoisotopic (exact) mass is 312 g/mol. The first-order valence-corrected chi connectivity index (χ1v) is 6.86. The number of hydrogen-bond acceptors (Lipinski definition) is 3. The molecule has 2 atom stereocenters. The van der Waals surface area contributed by atoms with E-state index in [1.54, 1.807) is 7.11 Å². The van der Waals surface area contributed by atoms with Gasteiger partial charge in [-0.1, -0.05) is 15.9 Å². The average Bonchev–Trinajstić information content (AvgIpc) is 2.79. The average molecular weight is 313 g/mol. The second-order valence-electron chi connectivity index (χ2n) is 4.68.